The van der Waals surface area contributed by atoms with Gasteiger partial charge in [-0.2, -0.15) is 0 Å². The van der Waals surface area contributed by atoms with Gasteiger partial charge in [0.1, 0.15) is 5.82 Å². The number of aromatic nitrogens is 2. The number of anilines is 1. The van der Waals surface area contributed by atoms with Crippen LogP contribution in [0, 0.1) is 0 Å². The number of nitrogens with zero attached hydrogens (tertiary/aromatic N) is 3. The summed E-state index contributed by atoms with van der Waals surface area (Å²) in [6.45, 7) is 5.47. The fourth-order valence-electron chi connectivity index (χ4n) is 2.19. The summed E-state index contributed by atoms with van der Waals surface area (Å²) in [4.78, 5) is 13.3. The van der Waals surface area contributed by atoms with E-state index in [2.05, 4.69) is 27.3 Å². The van der Waals surface area contributed by atoms with Crippen molar-refractivity contribution in [3.05, 3.63) is 17.8 Å². The Hall–Kier alpha value is -1.69. The molecule has 1 aromatic heterocycles. The Morgan fingerprint density at radius 3 is 2.72 bits per heavy atom. The van der Waals surface area contributed by atoms with Gasteiger partial charge in [0.2, 0.25) is 0 Å². The highest BCUT2D eigenvalue weighted by atomic mass is 16.1. The molecule has 6 heteroatoms. The van der Waals surface area contributed by atoms with E-state index in [0.29, 0.717) is 11.9 Å². The quantitative estimate of drug-likeness (QED) is 0.792. The first-order valence-electron chi connectivity index (χ1n) is 6.27. The molecule has 98 valence electrons. The van der Waals surface area contributed by atoms with E-state index in [1.807, 2.05) is 0 Å². The average Bonchev–Trinajstić information content (AvgIpc) is 2.82. The van der Waals surface area contributed by atoms with E-state index in [9.17, 15) is 4.79 Å². The standard InChI is InChI=1S/C12H19N5O/c1-9(8-17-6-2-3-7-17)14-11-5-4-10(12(13)18)15-16-11/h4-5,9H,2-3,6-8H2,1H3,(H2,13,18)(H,14,16). The molecular formula is C12H19N5O. The van der Waals surface area contributed by atoms with Gasteiger partial charge in [0, 0.05) is 12.6 Å². The molecule has 0 aromatic carbocycles. The first kappa shape index (κ1) is 12.8. The second-order valence-electron chi connectivity index (χ2n) is 4.72. The summed E-state index contributed by atoms with van der Waals surface area (Å²) in [7, 11) is 0. The van der Waals surface area contributed by atoms with Crippen LogP contribution < -0.4 is 11.1 Å². The van der Waals surface area contributed by atoms with E-state index in [0.717, 1.165) is 6.54 Å². The number of primary amides is 1. The lowest BCUT2D eigenvalue weighted by atomic mass is 10.3. The average molecular weight is 249 g/mol. The van der Waals surface area contributed by atoms with Gasteiger partial charge in [-0.1, -0.05) is 0 Å². The number of hydrogen-bond acceptors (Lipinski definition) is 5. The molecule has 2 heterocycles. The Bertz CT molecular complexity index is 399. The minimum atomic E-state index is -0.556. The number of nitrogens with one attached hydrogen (secondary N) is 1. The normalized spacial score (nSPS) is 17.6. The maximum atomic E-state index is 10.9. The summed E-state index contributed by atoms with van der Waals surface area (Å²) < 4.78 is 0. The lowest BCUT2D eigenvalue weighted by Gasteiger charge is -2.21. The predicted molar refractivity (Wildman–Crippen MR) is 69.3 cm³/mol. The molecule has 1 aliphatic heterocycles. The van der Waals surface area contributed by atoms with Crippen molar-refractivity contribution in [2.75, 3.05) is 25.0 Å². The van der Waals surface area contributed by atoms with Crippen LogP contribution in [0.3, 0.4) is 0 Å². The summed E-state index contributed by atoms with van der Waals surface area (Å²) in [5.74, 6) is 0.117. The van der Waals surface area contributed by atoms with Crippen LogP contribution in [0.4, 0.5) is 5.82 Å². The van der Waals surface area contributed by atoms with Crippen LogP contribution >= 0.6 is 0 Å². The van der Waals surface area contributed by atoms with Gasteiger partial charge >= 0.3 is 0 Å². The Labute approximate surface area is 107 Å². The maximum absolute atomic E-state index is 10.9. The number of nitrogens with two attached hydrogens (primary N) is 1. The van der Waals surface area contributed by atoms with E-state index < -0.39 is 5.91 Å². The second kappa shape index (κ2) is 5.77. The fraction of sp³-hybridized carbons (Fsp3) is 0.583. The lowest BCUT2D eigenvalue weighted by molar-refractivity contribution is 0.0994. The third-order valence-electron chi connectivity index (χ3n) is 3.04. The highest BCUT2D eigenvalue weighted by Gasteiger charge is 2.14. The summed E-state index contributed by atoms with van der Waals surface area (Å²) in [6, 6.07) is 3.62. The molecule has 1 fully saturated rings. The number of amides is 1. The van der Waals surface area contributed by atoms with E-state index in [4.69, 9.17) is 5.73 Å². The highest BCUT2D eigenvalue weighted by Crippen LogP contribution is 2.10. The molecule has 0 aliphatic carbocycles. The van der Waals surface area contributed by atoms with Gasteiger partial charge in [-0.25, -0.2) is 0 Å². The van der Waals surface area contributed by atoms with Crippen molar-refractivity contribution in [1.29, 1.82) is 0 Å². The van der Waals surface area contributed by atoms with Gasteiger partial charge in [-0.05, 0) is 45.0 Å². The number of rotatable bonds is 5. The van der Waals surface area contributed by atoms with Crippen molar-refractivity contribution in [3.8, 4) is 0 Å². The van der Waals surface area contributed by atoms with Crippen LogP contribution in [0.5, 0.6) is 0 Å². The monoisotopic (exact) mass is 249 g/mol. The van der Waals surface area contributed by atoms with Crippen molar-refractivity contribution >= 4 is 11.7 Å². The van der Waals surface area contributed by atoms with Gasteiger partial charge in [-0.15, -0.1) is 10.2 Å². The summed E-state index contributed by atoms with van der Waals surface area (Å²) in [6.07, 6.45) is 2.58. The van der Waals surface area contributed by atoms with Crippen LogP contribution in [0.25, 0.3) is 0 Å². The fourth-order valence-corrected chi connectivity index (χ4v) is 2.19. The van der Waals surface area contributed by atoms with E-state index in [-0.39, 0.29) is 5.69 Å². The van der Waals surface area contributed by atoms with E-state index >= 15 is 0 Å². The third-order valence-corrected chi connectivity index (χ3v) is 3.04. The molecule has 1 aliphatic rings. The van der Waals surface area contributed by atoms with Gasteiger partial charge in [0.25, 0.3) is 5.91 Å². The molecule has 1 amide bonds. The second-order valence-corrected chi connectivity index (χ2v) is 4.72. The number of hydrogen-bond donors (Lipinski definition) is 2. The zero-order chi connectivity index (χ0) is 13.0. The van der Waals surface area contributed by atoms with Gasteiger partial charge in [0.15, 0.2) is 5.69 Å². The molecule has 0 radical (unpaired) electrons. The summed E-state index contributed by atoms with van der Waals surface area (Å²) in [5.41, 5.74) is 5.29. The molecule has 0 bridgehead atoms. The largest absolute Gasteiger partial charge is 0.365 e. The van der Waals surface area contributed by atoms with Crippen molar-refractivity contribution in [2.45, 2.75) is 25.8 Å². The Balaban J connectivity index is 1.86. The molecule has 1 atom stereocenters. The van der Waals surface area contributed by atoms with Crippen LogP contribution in [0.2, 0.25) is 0 Å². The van der Waals surface area contributed by atoms with Crippen LogP contribution in [0.1, 0.15) is 30.3 Å². The Morgan fingerprint density at radius 1 is 1.44 bits per heavy atom. The maximum Gasteiger partial charge on any atom is 0.269 e. The minimum Gasteiger partial charge on any atom is -0.365 e. The molecule has 0 spiro atoms. The molecule has 1 saturated heterocycles. The first-order chi connectivity index (χ1) is 8.65. The Morgan fingerprint density at radius 2 is 2.17 bits per heavy atom. The van der Waals surface area contributed by atoms with Crippen LogP contribution in [0.15, 0.2) is 12.1 Å². The van der Waals surface area contributed by atoms with Gasteiger partial charge < -0.3 is 16.0 Å². The SMILES string of the molecule is CC(CN1CCCC1)Nc1ccc(C(N)=O)nn1. The third kappa shape index (κ3) is 3.40. The summed E-state index contributed by atoms with van der Waals surface area (Å²) >= 11 is 0. The van der Waals surface area contributed by atoms with Crippen molar-refractivity contribution < 1.29 is 4.79 Å². The zero-order valence-corrected chi connectivity index (χ0v) is 10.6. The molecule has 2 rings (SSSR count). The van der Waals surface area contributed by atoms with Crippen LogP contribution in [-0.4, -0.2) is 46.7 Å². The van der Waals surface area contributed by atoms with Gasteiger partial charge in [-0.3, -0.25) is 4.79 Å². The number of carbonyl (C=O) groups is 1. The van der Waals surface area contributed by atoms with E-state index in [1.165, 1.54) is 25.9 Å². The minimum absolute atomic E-state index is 0.188. The van der Waals surface area contributed by atoms with Gasteiger partial charge in [0.05, 0.1) is 0 Å². The molecule has 1 unspecified atom stereocenters. The molecule has 0 saturated carbocycles. The predicted octanol–water partition coefficient (Wildman–Crippen LogP) is 0.472. The first-order valence-corrected chi connectivity index (χ1v) is 6.27. The highest BCUT2D eigenvalue weighted by molar-refractivity contribution is 5.90. The molecule has 6 nitrogen and oxygen atoms in total. The molecule has 18 heavy (non-hydrogen) atoms. The molecular weight excluding hydrogens is 230 g/mol. The van der Waals surface area contributed by atoms with Crippen molar-refractivity contribution in [3.63, 3.8) is 0 Å². The topological polar surface area (TPSA) is 84.1 Å². The number of carbonyl (C=O) groups excluding carboxylic acids is 1. The lowest BCUT2D eigenvalue weighted by Crippen LogP contribution is -2.33. The molecule has 1 aromatic rings. The number of likely N-dealkylation sites (tertiary alicyclic amines) is 1. The van der Waals surface area contributed by atoms with Crippen molar-refractivity contribution in [1.82, 2.24) is 15.1 Å². The summed E-state index contributed by atoms with van der Waals surface area (Å²) in [5, 5.41) is 11.0. The van der Waals surface area contributed by atoms with E-state index in [1.54, 1.807) is 12.1 Å². The Kier molecular flexibility index (Phi) is 4.09. The smallest absolute Gasteiger partial charge is 0.269 e. The van der Waals surface area contributed by atoms with Crippen LogP contribution in [-0.2, 0) is 0 Å². The van der Waals surface area contributed by atoms with Crippen molar-refractivity contribution in [2.24, 2.45) is 5.73 Å². The molecule has 3 N–H and O–H groups in total. The zero-order valence-electron chi connectivity index (χ0n) is 10.6.